The van der Waals surface area contributed by atoms with E-state index in [0.717, 1.165) is 12.8 Å². The highest BCUT2D eigenvalue weighted by molar-refractivity contribution is 6.31. The minimum Gasteiger partial charge on any atom is -0.297 e. The second-order valence-corrected chi connectivity index (χ2v) is 4.88. The van der Waals surface area contributed by atoms with E-state index in [1.54, 1.807) is 12.1 Å². The zero-order chi connectivity index (χ0) is 11.7. The van der Waals surface area contributed by atoms with Gasteiger partial charge in [0, 0.05) is 5.92 Å². The lowest BCUT2D eigenvalue weighted by Crippen LogP contribution is -2.18. The van der Waals surface area contributed by atoms with Gasteiger partial charge in [-0.2, -0.15) is 0 Å². The Labute approximate surface area is 99.6 Å². The van der Waals surface area contributed by atoms with Crippen molar-refractivity contribution in [3.63, 3.8) is 0 Å². The Balaban J connectivity index is 2.08. The van der Waals surface area contributed by atoms with Gasteiger partial charge in [-0.05, 0) is 36.5 Å². The smallest absolute Gasteiger partial charge is 0.158 e. The second-order valence-electron chi connectivity index (χ2n) is 4.44. The summed E-state index contributed by atoms with van der Waals surface area (Å²) in [5, 5.41) is -0.642. The third-order valence-corrected chi connectivity index (χ3v) is 3.66. The molecule has 1 aromatic rings. The van der Waals surface area contributed by atoms with Crippen LogP contribution in [0, 0.1) is 17.7 Å². The highest BCUT2D eigenvalue weighted by Crippen LogP contribution is 2.40. The van der Waals surface area contributed by atoms with Gasteiger partial charge in [0.2, 0.25) is 0 Å². The maximum Gasteiger partial charge on any atom is 0.158 e. The van der Waals surface area contributed by atoms with E-state index < -0.39 is 5.38 Å². The van der Waals surface area contributed by atoms with E-state index in [1.165, 1.54) is 12.1 Å². The van der Waals surface area contributed by atoms with Crippen LogP contribution in [-0.2, 0) is 4.79 Å². The number of carbonyl (C=O) groups excluding carboxylic acids is 1. The summed E-state index contributed by atoms with van der Waals surface area (Å²) in [6, 6.07) is 5.81. The molecule has 2 atom stereocenters. The summed E-state index contributed by atoms with van der Waals surface area (Å²) in [6.07, 6.45) is 2.25. The summed E-state index contributed by atoms with van der Waals surface area (Å²) < 4.78 is 12.7. The third-order valence-electron chi connectivity index (χ3n) is 3.19. The van der Waals surface area contributed by atoms with Crippen LogP contribution in [-0.4, -0.2) is 5.78 Å². The van der Waals surface area contributed by atoms with Crippen molar-refractivity contribution >= 4 is 17.4 Å². The van der Waals surface area contributed by atoms with E-state index in [4.69, 9.17) is 11.6 Å². The van der Waals surface area contributed by atoms with Gasteiger partial charge >= 0.3 is 0 Å². The first-order valence-corrected chi connectivity index (χ1v) is 5.96. The van der Waals surface area contributed by atoms with Gasteiger partial charge in [-0.3, -0.25) is 4.79 Å². The molecule has 0 heterocycles. The van der Waals surface area contributed by atoms with E-state index in [2.05, 4.69) is 0 Å². The van der Waals surface area contributed by atoms with Gasteiger partial charge in [-0.1, -0.05) is 19.1 Å². The lowest BCUT2D eigenvalue weighted by Gasteiger charge is -2.14. The molecule has 0 aromatic heterocycles. The molecule has 16 heavy (non-hydrogen) atoms. The summed E-state index contributed by atoms with van der Waals surface area (Å²) in [6.45, 7) is 1.93. The number of rotatable bonds is 4. The molecule has 0 N–H and O–H groups in total. The van der Waals surface area contributed by atoms with Gasteiger partial charge in [0.1, 0.15) is 11.2 Å². The molecule has 3 heteroatoms. The van der Waals surface area contributed by atoms with Crippen LogP contribution in [0.5, 0.6) is 0 Å². The molecule has 1 nitrogen and oxygen atoms in total. The molecule has 2 rings (SSSR count). The van der Waals surface area contributed by atoms with E-state index >= 15 is 0 Å². The van der Waals surface area contributed by atoms with Crippen molar-refractivity contribution < 1.29 is 9.18 Å². The molecule has 86 valence electrons. The summed E-state index contributed by atoms with van der Waals surface area (Å²) in [7, 11) is 0. The van der Waals surface area contributed by atoms with Crippen LogP contribution in [0.4, 0.5) is 4.39 Å². The maximum atomic E-state index is 12.7. The molecule has 1 aliphatic carbocycles. The first kappa shape index (κ1) is 11.6. The quantitative estimate of drug-likeness (QED) is 0.733. The normalized spacial score (nSPS) is 19.2. The number of halogens is 2. The average Bonchev–Trinajstić information content (AvgIpc) is 3.11. The largest absolute Gasteiger partial charge is 0.297 e. The fourth-order valence-electron chi connectivity index (χ4n) is 1.86. The highest BCUT2D eigenvalue weighted by Gasteiger charge is 2.35. The van der Waals surface area contributed by atoms with Crippen LogP contribution in [0.15, 0.2) is 24.3 Å². The predicted octanol–water partition coefficient (Wildman–Crippen LogP) is 3.72. The molecule has 1 fully saturated rings. The summed E-state index contributed by atoms with van der Waals surface area (Å²) in [5.41, 5.74) is 0.681. The topological polar surface area (TPSA) is 17.1 Å². The first-order valence-electron chi connectivity index (χ1n) is 5.53. The van der Waals surface area contributed by atoms with Crippen molar-refractivity contribution in [3.05, 3.63) is 35.6 Å². The number of hydrogen-bond acceptors (Lipinski definition) is 1. The Bertz CT molecular complexity index is 383. The number of alkyl halides is 1. The lowest BCUT2D eigenvalue weighted by atomic mass is 9.95. The van der Waals surface area contributed by atoms with Crippen molar-refractivity contribution in [2.24, 2.45) is 11.8 Å². The number of benzene rings is 1. The molecule has 1 aliphatic rings. The molecule has 1 saturated carbocycles. The zero-order valence-corrected chi connectivity index (χ0v) is 9.88. The van der Waals surface area contributed by atoms with Crippen molar-refractivity contribution in [1.82, 2.24) is 0 Å². The van der Waals surface area contributed by atoms with Gasteiger partial charge in [0.15, 0.2) is 5.78 Å². The first-order chi connectivity index (χ1) is 7.59. The van der Waals surface area contributed by atoms with Crippen LogP contribution >= 0.6 is 11.6 Å². The van der Waals surface area contributed by atoms with Crippen LogP contribution in [0.1, 0.15) is 30.7 Å². The number of ketones is 1. The molecule has 0 bridgehead atoms. The van der Waals surface area contributed by atoms with Crippen LogP contribution < -0.4 is 0 Å². The molecule has 0 radical (unpaired) electrons. The Hall–Kier alpha value is -0.890. The van der Waals surface area contributed by atoms with Crippen LogP contribution in [0.25, 0.3) is 0 Å². The van der Waals surface area contributed by atoms with Gasteiger partial charge in [0.05, 0.1) is 0 Å². The molecule has 2 unspecified atom stereocenters. The van der Waals surface area contributed by atoms with E-state index in [0.29, 0.717) is 11.5 Å². The molecule has 0 aliphatic heterocycles. The lowest BCUT2D eigenvalue weighted by molar-refractivity contribution is -0.122. The fourth-order valence-corrected chi connectivity index (χ4v) is 2.20. The van der Waals surface area contributed by atoms with Crippen molar-refractivity contribution in [1.29, 1.82) is 0 Å². The summed E-state index contributed by atoms with van der Waals surface area (Å²) in [4.78, 5) is 12.0. The monoisotopic (exact) mass is 240 g/mol. The molecule has 0 spiro atoms. The van der Waals surface area contributed by atoms with Gasteiger partial charge in [-0.15, -0.1) is 11.6 Å². The minimum absolute atomic E-state index is 0.0209. The van der Waals surface area contributed by atoms with Crippen molar-refractivity contribution in [3.8, 4) is 0 Å². The summed E-state index contributed by atoms with van der Waals surface area (Å²) >= 11 is 6.10. The number of hydrogen-bond donors (Lipinski definition) is 0. The third kappa shape index (κ3) is 2.43. The Morgan fingerprint density at radius 3 is 2.44 bits per heavy atom. The standard InChI is InChI=1S/C13H14ClFO/c1-8(9-2-3-9)13(16)12(14)10-4-6-11(15)7-5-10/h4-9,12H,2-3H2,1H3. The zero-order valence-electron chi connectivity index (χ0n) is 9.12. The Kier molecular flexibility index (Phi) is 3.29. The Morgan fingerprint density at radius 2 is 1.94 bits per heavy atom. The Morgan fingerprint density at radius 1 is 1.38 bits per heavy atom. The van der Waals surface area contributed by atoms with Gasteiger partial charge in [-0.25, -0.2) is 4.39 Å². The van der Waals surface area contributed by atoms with Crippen LogP contribution in [0.3, 0.4) is 0 Å². The summed E-state index contributed by atoms with van der Waals surface area (Å²) in [5.74, 6) is 0.271. The minimum atomic E-state index is -0.642. The van der Waals surface area contributed by atoms with Gasteiger partial charge in [0.25, 0.3) is 0 Å². The van der Waals surface area contributed by atoms with E-state index in [-0.39, 0.29) is 17.5 Å². The van der Waals surface area contributed by atoms with E-state index in [1.807, 2.05) is 6.92 Å². The molecular formula is C13H14ClFO. The number of Topliss-reactive ketones (excluding diaryl/α,β-unsaturated/α-hetero) is 1. The SMILES string of the molecule is CC(C(=O)C(Cl)c1ccc(F)cc1)C1CC1. The maximum absolute atomic E-state index is 12.7. The fraction of sp³-hybridized carbons (Fsp3) is 0.462. The number of carbonyl (C=O) groups is 1. The van der Waals surface area contributed by atoms with E-state index in [9.17, 15) is 9.18 Å². The van der Waals surface area contributed by atoms with Gasteiger partial charge < -0.3 is 0 Å². The molecular weight excluding hydrogens is 227 g/mol. The van der Waals surface area contributed by atoms with Crippen molar-refractivity contribution in [2.75, 3.05) is 0 Å². The molecule has 0 saturated heterocycles. The highest BCUT2D eigenvalue weighted by atomic mass is 35.5. The second kappa shape index (κ2) is 4.54. The van der Waals surface area contributed by atoms with Crippen molar-refractivity contribution in [2.45, 2.75) is 25.1 Å². The molecule has 1 aromatic carbocycles. The molecule has 0 amide bonds. The van der Waals surface area contributed by atoms with Crippen LogP contribution in [0.2, 0.25) is 0 Å². The predicted molar refractivity (Wildman–Crippen MR) is 61.9 cm³/mol. The average molecular weight is 241 g/mol.